The molecule has 156 valence electrons. The second-order valence-corrected chi connectivity index (χ2v) is 4.91. The molecule has 0 aliphatic rings. The topological polar surface area (TPSA) is 79.8 Å². The zero-order chi connectivity index (χ0) is 19.8. The van der Waals surface area contributed by atoms with Crippen LogP contribution in [-0.2, 0) is 35.3 Å². The van der Waals surface area contributed by atoms with Crippen LogP contribution in [0.5, 0.6) is 0 Å². The van der Waals surface area contributed by atoms with Crippen molar-refractivity contribution < 1.29 is 40.4 Å². The number of hydrogen-bond acceptors (Lipinski definition) is 5. The average molecular weight is 543 g/mol. The quantitative estimate of drug-likeness (QED) is 0.210. The van der Waals surface area contributed by atoms with E-state index in [4.69, 9.17) is 14.6 Å². The molecule has 0 radical (unpaired) electrons. The Morgan fingerprint density at radius 1 is 1.19 bits per heavy atom. The van der Waals surface area contributed by atoms with E-state index in [0.717, 1.165) is 13.0 Å². The van der Waals surface area contributed by atoms with Gasteiger partial charge in [-0.05, 0) is 20.0 Å². The summed E-state index contributed by atoms with van der Waals surface area (Å²) in [7, 11) is 1.87. The maximum Gasteiger partial charge on any atom is 0.223 e. The third-order valence-corrected chi connectivity index (χ3v) is 2.34. The fourth-order valence-corrected chi connectivity index (χ4v) is 1.23. The van der Waals surface area contributed by atoms with Crippen LogP contribution in [0.3, 0.4) is 0 Å². The summed E-state index contributed by atoms with van der Waals surface area (Å²) in [5.41, 5.74) is 0. The van der Waals surface area contributed by atoms with Crippen molar-refractivity contribution in [3.8, 4) is 11.8 Å². The molecule has 0 bridgehead atoms. The molecule has 0 aliphatic heterocycles. The minimum absolute atomic E-state index is 0. The molecule has 26 heavy (non-hydrogen) atoms. The first-order valence-electron chi connectivity index (χ1n) is 9.03. The standard InChI is InChI=1S/C13H22NO3.C4H11NO.C2H6.W/c1-4-16-10-11-17-9-7-13(15)14-8-5-6-12(2)3;1-5-3-2-4-6;1-2;/h12H,1,4,7-11H2,2-3H3,(H,14,15);5-6H,2-4H2,1H3;1-2H3;/q-1;;;. The van der Waals surface area contributed by atoms with Crippen molar-refractivity contribution in [2.45, 2.75) is 40.5 Å². The number of carbonyl (C=O) groups is 1. The van der Waals surface area contributed by atoms with E-state index in [9.17, 15) is 4.79 Å². The first-order valence-corrected chi connectivity index (χ1v) is 9.03. The van der Waals surface area contributed by atoms with Crippen LogP contribution >= 0.6 is 0 Å². The summed E-state index contributed by atoms with van der Waals surface area (Å²) >= 11 is 0. The van der Waals surface area contributed by atoms with Gasteiger partial charge in [-0.15, -0.1) is 0 Å². The zero-order valence-corrected chi connectivity index (χ0v) is 20.2. The molecular formula is C19H39N2O4W-. The Bertz CT molecular complexity index is 314. The van der Waals surface area contributed by atoms with Crippen molar-refractivity contribution in [3.63, 3.8) is 0 Å². The molecule has 0 saturated carbocycles. The second kappa shape index (κ2) is 32.2. The van der Waals surface area contributed by atoms with E-state index in [-0.39, 0.29) is 27.0 Å². The summed E-state index contributed by atoms with van der Waals surface area (Å²) in [6.07, 6.45) is 1.21. The Kier molecular flexibility index (Phi) is 41.1. The predicted octanol–water partition coefficient (Wildman–Crippen LogP) is 1.63. The molecule has 0 atom stereocenters. The maximum absolute atomic E-state index is 11.3. The number of nitrogens with one attached hydrogen (secondary N) is 2. The molecule has 0 spiro atoms. The maximum atomic E-state index is 11.3. The van der Waals surface area contributed by atoms with Crippen LogP contribution in [-0.4, -0.2) is 64.2 Å². The van der Waals surface area contributed by atoms with Crippen molar-refractivity contribution in [3.05, 3.63) is 6.92 Å². The van der Waals surface area contributed by atoms with Crippen LogP contribution in [0.4, 0.5) is 0 Å². The second-order valence-electron chi connectivity index (χ2n) is 4.91. The number of aliphatic hydroxyl groups excluding tert-OH is 1. The molecule has 0 unspecified atom stereocenters. The number of carbonyl (C=O) groups excluding carboxylic acids is 1. The number of rotatable bonds is 11. The molecule has 0 aromatic carbocycles. The molecule has 0 rings (SSSR count). The molecule has 7 heteroatoms. The summed E-state index contributed by atoms with van der Waals surface area (Å²) < 4.78 is 10.2. The van der Waals surface area contributed by atoms with E-state index in [0.29, 0.717) is 51.9 Å². The predicted molar refractivity (Wildman–Crippen MR) is 104 cm³/mol. The molecule has 0 fully saturated rings. The van der Waals surface area contributed by atoms with Crippen LogP contribution in [0.1, 0.15) is 40.5 Å². The number of hydrogen-bond donors (Lipinski definition) is 3. The van der Waals surface area contributed by atoms with Gasteiger partial charge in [-0.2, -0.15) is 0 Å². The summed E-state index contributed by atoms with van der Waals surface area (Å²) in [5.74, 6) is 6.15. The number of ether oxygens (including phenoxy) is 2. The zero-order valence-electron chi connectivity index (χ0n) is 17.2. The van der Waals surface area contributed by atoms with Crippen molar-refractivity contribution in [2.24, 2.45) is 5.92 Å². The average Bonchev–Trinajstić information content (AvgIpc) is 2.62. The molecule has 6 nitrogen and oxygen atoms in total. The molecule has 1 amide bonds. The molecular weight excluding hydrogens is 504 g/mol. The van der Waals surface area contributed by atoms with Gasteiger partial charge >= 0.3 is 0 Å². The van der Waals surface area contributed by atoms with Gasteiger partial charge < -0.3 is 32.1 Å². The van der Waals surface area contributed by atoms with Crippen LogP contribution in [0, 0.1) is 24.7 Å². The van der Waals surface area contributed by atoms with Gasteiger partial charge in [-0.3, -0.25) is 4.79 Å². The largest absolute Gasteiger partial charge is 0.411 e. The van der Waals surface area contributed by atoms with E-state index < -0.39 is 0 Å². The van der Waals surface area contributed by atoms with Gasteiger partial charge in [-0.25, -0.2) is 0 Å². The Hall–Kier alpha value is -0.442. The van der Waals surface area contributed by atoms with Crippen LogP contribution in [0.15, 0.2) is 0 Å². The molecule has 0 aromatic heterocycles. The Balaban J connectivity index is -0.000000228. The van der Waals surface area contributed by atoms with E-state index in [1.165, 1.54) is 0 Å². The molecule has 0 aromatic rings. The van der Waals surface area contributed by atoms with Gasteiger partial charge in [0.05, 0.1) is 26.4 Å². The molecule has 3 N–H and O–H groups in total. The van der Waals surface area contributed by atoms with Gasteiger partial charge in [-0.1, -0.05) is 46.1 Å². The molecule has 0 heterocycles. The third-order valence-electron chi connectivity index (χ3n) is 2.34. The summed E-state index contributed by atoms with van der Waals surface area (Å²) in [4.78, 5) is 11.3. The fourth-order valence-electron chi connectivity index (χ4n) is 1.23. The number of amides is 1. The first kappa shape index (κ1) is 33.2. The van der Waals surface area contributed by atoms with Crippen LogP contribution < -0.4 is 10.6 Å². The molecule has 0 saturated heterocycles. The van der Waals surface area contributed by atoms with Crippen molar-refractivity contribution in [1.29, 1.82) is 0 Å². The SMILES string of the molecule is CC.CNCCCO.[CH2-]COCCOCCC(=O)NCC#CC(C)C.[W]. The van der Waals surface area contributed by atoms with Gasteiger partial charge in [0.2, 0.25) is 5.91 Å². The van der Waals surface area contributed by atoms with Gasteiger partial charge in [0.15, 0.2) is 0 Å². The minimum atomic E-state index is -0.0406. The van der Waals surface area contributed by atoms with E-state index in [2.05, 4.69) is 29.4 Å². The van der Waals surface area contributed by atoms with Crippen molar-refractivity contribution in [2.75, 3.05) is 53.2 Å². The van der Waals surface area contributed by atoms with Gasteiger partial charge in [0, 0.05) is 40.0 Å². The van der Waals surface area contributed by atoms with E-state index in [1.54, 1.807) is 0 Å². The van der Waals surface area contributed by atoms with Crippen LogP contribution in [0.2, 0.25) is 0 Å². The van der Waals surface area contributed by atoms with Gasteiger partial charge in [0.25, 0.3) is 0 Å². The first-order chi connectivity index (χ1) is 12.1. The molecule has 0 aliphatic carbocycles. The fraction of sp³-hybridized carbons (Fsp3) is 0.789. The number of aliphatic hydroxyl groups is 1. The monoisotopic (exact) mass is 543 g/mol. The van der Waals surface area contributed by atoms with E-state index >= 15 is 0 Å². The van der Waals surface area contributed by atoms with Crippen molar-refractivity contribution in [1.82, 2.24) is 10.6 Å². The Morgan fingerprint density at radius 2 is 1.81 bits per heavy atom. The summed E-state index contributed by atoms with van der Waals surface area (Å²) in [6, 6.07) is 0. The van der Waals surface area contributed by atoms with Crippen LogP contribution in [0.25, 0.3) is 0 Å². The summed E-state index contributed by atoms with van der Waals surface area (Å²) in [6.45, 7) is 15.0. The van der Waals surface area contributed by atoms with Crippen molar-refractivity contribution >= 4 is 5.91 Å². The van der Waals surface area contributed by atoms with Gasteiger partial charge in [0.1, 0.15) is 0 Å². The summed E-state index contributed by atoms with van der Waals surface area (Å²) in [5, 5.41) is 13.8. The van der Waals surface area contributed by atoms with E-state index in [1.807, 2.05) is 34.7 Å². The normalized spacial score (nSPS) is 8.77. The Labute approximate surface area is 175 Å². The minimum Gasteiger partial charge on any atom is -0.411 e. The third kappa shape index (κ3) is 38.9. The smallest absolute Gasteiger partial charge is 0.223 e. The Morgan fingerprint density at radius 3 is 2.27 bits per heavy atom.